The first-order valence-electron chi connectivity index (χ1n) is 8.05. The molecule has 0 saturated carbocycles. The van der Waals surface area contributed by atoms with Crippen LogP contribution >= 0.6 is 0 Å². The van der Waals surface area contributed by atoms with Gasteiger partial charge in [0.05, 0.1) is 11.4 Å². The fraction of sp³-hybridized carbons (Fsp3) is 0.444. The van der Waals surface area contributed by atoms with E-state index in [9.17, 15) is 4.39 Å². The average molecular weight is 299 g/mol. The number of benzene rings is 1. The average Bonchev–Trinajstić information content (AvgIpc) is 2.80. The van der Waals surface area contributed by atoms with Crippen LogP contribution in [0.2, 0.25) is 0 Å². The van der Waals surface area contributed by atoms with E-state index in [4.69, 9.17) is 0 Å². The van der Waals surface area contributed by atoms with Gasteiger partial charge >= 0.3 is 0 Å². The molecule has 1 atom stereocenters. The summed E-state index contributed by atoms with van der Waals surface area (Å²) in [6.07, 6.45) is 8.92. The molecule has 1 saturated heterocycles. The molecule has 2 heterocycles. The zero-order valence-electron chi connectivity index (χ0n) is 12.8. The van der Waals surface area contributed by atoms with Crippen LogP contribution < -0.4 is 5.32 Å². The van der Waals surface area contributed by atoms with Gasteiger partial charge in [-0.1, -0.05) is 12.1 Å². The maximum Gasteiger partial charge on any atom is 0.123 e. The molecule has 2 aromatic rings. The van der Waals surface area contributed by atoms with Crippen LogP contribution in [-0.4, -0.2) is 23.1 Å². The van der Waals surface area contributed by atoms with Crippen LogP contribution in [-0.2, 0) is 12.8 Å². The monoisotopic (exact) mass is 299 g/mol. The van der Waals surface area contributed by atoms with Crippen LogP contribution in [0.5, 0.6) is 0 Å². The van der Waals surface area contributed by atoms with Crippen molar-refractivity contribution in [3.05, 3.63) is 59.4 Å². The second-order valence-electron chi connectivity index (χ2n) is 6.00. The Balaban J connectivity index is 1.72. The van der Waals surface area contributed by atoms with Crippen LogP contribution in [0.25, 0.3) is 0 Å². The Morgan fingerprint density at radius 2 is 1.77 bits per heavy atom. The van der Waals surface area contributed by atoms with E-state index in [1.54, 1.807) is 12.4 Å². The Hall–Kier alpha value is -1.81. The molecule has 0 unspecified atom stereocenters. The molecule has 4 heteroatoms. The van der Waals surface area contributed by atoms with Crippen LogP contribution in [0.1, 0.15) is 36.2 Å². The highest BCUT2D eigenvalue weighted by atomic mass is 19.1. The molecule has 1 N–H and O–H groups in total. The number of rotatable bonds is 4. The van der Waals surface area contributed by atoms with E-state index in [2.05, 4.69) is 15.3 Å². The molecule has 116 valence electrons. The third-order valence-corrected chi connectivity index (χ3v) is 4.32. The smallest absolute Gasteiger partial charge is 0.123 e. The highest BCUT2D eigenvalue weighted by molar-refractivity contribution is 5.24. The van der Waals surface area contributed by atoms with Gasteiger partial charge in [0.1, 0.15) is 5.82 Å². The van der Waals surface area contributed by atoms with Crippen molar-refractivity contribution in [1.82, 2.24) is 15.3 Å². The van der Waals surface area contributed by atoms with Gasteiger partial charge in [0, 0.05) is 18.8 Å². The summed E-state index contributed by atoms with van der Waals surface area (Å²) in [7, 11) is 0. The summed E-state index contributed by atoms with van der Waals surface area (Å²) in [5.74, 6) is 0.479. The van der Waals surface area contributed by atoms with Gasteiger partial charge in [0.2, 0.25) is 0 Å². The normalized spacial score (nSPS) is 18.9. The van der Waals surface area contributed by atoms with E-state index in [1.807, 2.05) is 12.1 Å². The van der Waals surface area contributed by atoms with E-state index in [0.717, 1.165) is 36.5 Å². The quantitative estimate of drug-likeness (QED) is 0.942. The van der Waals surface area contributed by atoms with E-state index < -0.39 is 0 Å². The maximum absolute atomic E-state index is 13.0. The molecule has 3 rings (SSSR count). The minimum Gasteiger partial charge on any atom is -0.317 e. The van der Waals surface area contributed by atoms with Gasteiger partial charge in [-0.2, -0.15) is 0 Å². The van der Waals surface area contributed by atoms with Crippen LogP contribution in [0.3, 0.4) is 0 Å². The van der Waals surface area contributed by atoms with Crippen molar-refractivity contribution in [2.75, 3.05) is 13.1 Å². The van der Waals surface area contributed by atoms with Crippen molar-refractivity contribution in [3.63, 3.8) is 0 Å². The summed E-state index contributed by atoms with van der Waals surface area (Å²) in [5.41, 5.74) is 3.19. The van der Waals surface area contributed by atoms with Gasteiger partial charge in [-0.15, -0.1) is 0 Å². The van der Waals surface area contributed by atoms with Gasteiger partial charge in [-0.3, -0.25) is 9.97 Å². The number of hydrogen-bond acceptors (Lipinski definition) is 3. The van der Waals surface area contributed by atoms with Crippen molar-refractivity contribution < 1.29 is 4.39 Å². The van der Waals surface area contributed by atoms with Gasteiger partial charge in [-0.05, 0) is 62.4 Å². The Bertz CT molecular complexity index is 590. The molecule has 1 aromatic carbocycles. The summed E-state index contributed by atoms with van der Waals surface area (Å²) in [4.78, 5) is 9.07. The molecule has 0 bridgehead atoms. The predicted octanol–water partition coefficient (Wildman–Crippen LogP) is 3.14. The highest BCUT2D eigenvalue weighted by Crippen LogP contribution is 2.20. The highest BCUT2D eigenvalue weighted by Gasteiger charge is 2.16. The first-order chi connectivity index (χ1) is 10.8. The summed E-state index contributed by atoms with van der Waals surface area (Å²) in [6, 6.07) is 6.65. The summed E-state index contributed by atoms with van der Waals surface area (Å²) < 4.78 is 13.0. The summed E-state index contributed by atoms with van der Waals surface area (Å²) in [5, 5.41) is 3.45. The molecule has 1 aromatic heterocycles. The molecule has 0 amide bonds. The number of halogens is 1. The van der Waals surface area contributed by atoms with E-state index >= 15 is 0 Å². The van der Waals surface area contributed by atoms with Crippen LogP contribution in [0, 0.1) is 11.7 Å². The molecule has 1 aliphatic heterocycles. The zero-order valence-corrected chi connectivity index (χ0v) is 12.8. The van der Waals surface area contributed by atoms with E-state index in [0.29, 0.717) is 12.3 Å². The fourth-order valence-corrected chi connectivity index (χ4v) is 3.08. The van der Waals surface area contributed by atoms with Gasteiger partial charge < -0.3 is 5.32 Å². The Morgan fingerprint density at radius 1 is 1.00 bits per heavy atom. The number of nitrogens with one attached hydrogen (secondary N) is 1. The first kappa shape index (κ1) is 15.1. The topological polar surface area (TPSA) is 37.8 Å². The van der Waals surface area contributed by atoms with E-state index in [1.165, 1.54) is 31.4 Å². The molecule has 1 fully saturated rings. The van der Waals surface area contributed by atoms with Crippen molar-refractivity contribution in [1.29, 1.82) is 0 Å². The molecule has 3 nitrogen and oxygen atoms in total. The molecule has 1 aliphatic rings. The SMILES string of the molecule is Fc1ccc(Cc2nccnc2C[C@H]2CCCNCC2)cc1. The third kappa shape index (κ3) is 4.10. The van der Waals surface area contributed by atoms with Crippen molar-refractivity contribution in [3.8, 4) is 0 Å². The summed E-state index contributed by atoms with van der Waals surface area (Å²) >= 11 is 0. The molecular weight excluding hydrogens is 277 g/mol. The number of hydrogen-bond donors (Lipinski definition) is 1. The zero-order chi connectivity index (χ0) is 15.2. The lowest BCUT2D eigenvalue weighted by molar-refractivity contribution is 0.462. The van der Waals surface area contributed by atoms with Crippen molar-refractivity contribution >= 4 is 0 Å². The fourth-order valence-electron chi connectivity index (χ4n) is 3.08. The predicted molar refractivity (Wildman–Crippen MR) is 85.2 cm³/mol. The Kier molecular flexibility index (Phi) is 5.11. The molecule has 0 aliphatic carbocycles. The third-order valence-electron chi connectivity index (χ3n) is 4.32. The van der Waals surface area contributed by atoms with Crippen molar-refractivity contribution in [2.24, 2.45) is 5.92 Å². The maximum atomic E-state index is 13.0. The minimum atomic E-state index is -0.200. The number of nitrogens with zero attached hydrogens (tertiary/aromatic N) is 2. The minimum absolute atomic E-state index is 0.200. The van der Waals surface area contributed by atoms with Gasteiger partial charge in [0.15, 0.2) is 0 Å². The molecule has 22 heavy (non-hydrogen) atoms. The Labute approximate surface area is 131 Å². The lowest BCUT2D eigenvalue weighted by Crippen LogP contribution is -2.15. The van der Waals surface area contributed by atoms with E-state index in [-0.39, 0.29) is 5.82 Å². The van der Waals surface area contributed by atoms with Crippen LogP contribution in [0.15, 0.2) is 36.7 Å². The molecule has 0 spiro atoms. The van der Waals surface area contributed by atoms with Crippen molar-refractivity contribution in [2.45, 2.75) is 32.1 Å². The largest absolute Gasteiger partial charge is 0.317 e. The van der Waals surface area contributed by atoms with Gasteiger partial charge in [0.25, 0.3) is 0 Å². The standard InChI is InChI=1S/C18H22FN3/c19-16-5-3-15(4-6-16)13-18-17(21-10-11-22-18)12-14-2-1-8-20-9-7-14/h3-6,10-11,14,20H,1-2,7-9,12-13H2/t14-/m0/s1. The summed E-state index contributed by atoms with van der Waals surface area (Å²) in [6.45, 7) is 2.22. The lowest BCUT2D eigenvalue weighted by Gasteiger charge is -2.15. The number of aromatic nitrogens is 2. The molecular formula is C18H22FN3. The lowest BCUT2D eigenvalue weighted by atomic mass is 9.93. The van der Waals surface area contributed by atoms with Crippen LogP contribution in [0.4, 0.5) is 4.39 Å². The second kappa shape index (κ2) is 7.45. The van der Waals surface area contributed by atoms with Gasteiger partial charge in [-0.25, -0.2) is 4.39 Å². The second-order valence-corrected chi connectivity index (χ2v) is 6.00. The molecule has 0 radical (unpaired) electrons. The Morgan fingerprint density at radius 3 is 2.59 bits per heavy atom. The first-order valence-corrected chi connectivity index (χ1v) is 8.05.